The van der Waals surface area contributed by atoms with Crippen LogP contribution in [0.3, 0.4) is 0 Å². The van der Waals surface area contributed by atoms with E-state index in [9.17, 15) is 9.59 Å². The number of nitrogens with one attached hydrogen (secondary N) is 4. The molecular formula is C21H29BrN6O2. The van der Waals surface area contributed by atoms with E-state index in [0.717, 1.165) is 17.9 Å². The molecule has 0 spiro atoms. The zero-order chi connectivity index (χ0) is 21.5. The fourth-order valence-electron chi connectivity index (χ4n) is 5.10. The highest BCUT2D eigenvalue weighted by atomic mass is 79.9. The first-order valence-electron chi connectivity index (χ1n) is 10.4. The first-order valence-corrected chi connectivity index (χ1v) is 11.2. The van der Waals surface area contributed by atoms with E-state index < -0.39 is 0 Å². The van der Waals surface area contributed by atoms with Crippen LogP contribution < -0.4 is 27.0 Å². The average molecular weight is 477 g/mol. The van der Waals surface area contributed by atoms with Crippen molar-refractivity contribution in [2.24, 2.45) is 23.2 Å². The summed E-state index contributed by atoms with van der Waals surface area (Å²) >= 11 is 3.42. The van der Waals surface area contributed by atoms with Crippen LogP contribution in [0.25, 0.3) is 0 Å². The Labute approximate surface area is 184 Å². The monoisotopic (exact) mass is 476 g/mol. The van der Waals surface area contributed by atoms with Crippen molar-refractivity contribution in [1.82, 2.24) is 25.9 Å². The van der Waals surface area contributed by atoms with Gasteiger partial charge in [-0.15, -0.1) is 0 Å². The van der Waals surface area contributed by atoms with Crippen molar-refractivity contribution in [3.8, 4) is 0 Å². The molecule has 1 aromatic heterocycles. The molecule has 5 rings (SSSR count). The number of nitrogens with zero attached hydrogens (tertiary/aromatic N) is 2. The van der Waals surface area contributed by atoms with Gasteiger partial charge in [0, 0.05) is 25.0 Å². The van der Waals surface area contributed by atoms with Crippen LogP contribution in [-0.4, -0.2) is 28.3 Å². The summed E-state index contributed by atoms with van der Waals surface area (Å²) in [5, 5.41) is 10.6. The van der Waals surface area contributed by atoms with Crippen LogP contribution in [0.5, 0.6) is 0 Å². The number of anilines is 1. The van der Waals surface area contributed by atoms with Gasteiger partial charge in [0.25, 0.3) is 5.56 Å². The zero-order valence-electron chi connectivity index (χ0n) is 17.5. The highest BCUT2D eigenvalue weighted by molar-refractivity contribution is 9.10. The number of halogens is 1. The fraction of sp³-hybridized carbons (Fsp3) is 0.571. The van der Waals surface area contributed by atoms with Crippen LogP contribution in [0.15, 0.2) is 39.5 Å². The largest absolute Gasteiger partial charge is 0.380 e. The number of fused-ring (bicyclic) bond motifs is 2. The third kappa shape index (κ3) is 3.87. The Morgan fingerprint density at radius 3 is 2.83 bits per heavy atom. The molecule has 1 amide bonds. The van der Waals surface area contributed by atoms with Crippen molar-refractivity contribution in [3.05, 3.63) is 45.1 Å². The summed E-state index contributed by atoms with van der Waals surface area (Å²) in [4.78, 5) is 25.0. The van der Waals surface area contributed by atoms with E-state index in [0.29, 0.717) is 40.0 Å². The van der Waals surface area contributed by atoms with Crippen molar-refractivity contribution >= 4 is 27.5 Å². The summed E-state index contributed by atoms with van der Waals surface area (Å²) in [5.41, 5.74) is 7.39. The van der Waals surface area contributed by atoms with Crippen molar-refractivity contribution < 1.29 is 4.79 Å². The van der Waals surface area contributed by atoms with Crippen molar-refractivity contribution in [2.75, 3.05) is 11.9 Å². The molecule has 1 aromatic rings. The van der Waals surface area contributed by atoms with Gasteiger partial charge in [-0.3, -0.25) is 9.59 Å². The zero-order valence-corrected chi connectivity index (χ0v) is 19.1. The standard InChI is InChI=1S/C21H29BrN6O2/c1-12-15-6-14(21(15,2)3)7-16(12)27-17-10-26-28(20(30)19(17)22)11-18(29)23-8-13-4-5-24-25-9-13/h4-5,9-10,12,14-16,24-25,27H,6-8,11H2,1-3H3,(H,23,29)/t12-,14+,15-,16-/m1/s1. The molecule has 0 unspecified atom stereocenters. The van der Waals surface area contributed by atoms with Crippen LogP contribution in [-0.2, 0) is 11.3 Å². The van der Waals surface area contributed by atoms with Crippen LogP contribution in [0, 0.1) is 23.2 Å². The first-order chi connectivity index (χ1) is 14.3. The van der Waals surface area contributed by atoms with Crippen molar-refractivity contribution in [3.63, 3.8) is 0 Å². The minimum Gasteiger partial charge on any atom is -0.380 e. The van der Waals surface area contributed by atoms with Gasteiger partial charge < -0.3 is 21.5 Å². The van der Waals surface area contributed by atoms with E-state index in [1.165, 1.54) is 11.1 Å². The van der Waals surface area contributed by atoms with Crippen molar-refractivity contribution in [2.45, 2.75) is 46.2 Å². The van der Waals surface area contributed by atoms with E-state index in [4.69, 9.17) is 0 Å². The Hall–Kier alpha value is -2.29. The Balaban J connectivity index is 1.38. The quantitative estimate of drug-likeness (QED) is 0.501. The summed E-state index contributed by atoms with van der Waals surface area (Å²) in [6.07, 6.45) is 9.42. The first kappa shape index (κ1) is 21.0. The van der Waals surface area contributed by atoms with Crippen LogP contribution in [0.2, 0.25) is 0 Å². The molecule has 0 aromatic carbocycles. The second-order valence-corrected chi connectivity index (χ2v) is 9.95. The molecule has 30 heavy (non-hydrogen) atoms. The van der Waals surface area contributed by atoms with Crippen LogP contribution >= 0.6 is 15.9 Å². The van der Waals surface area contributed by atoms with Crippen LogP contribution in [0.4, 0.5) is 5.69 Å². The summed E-state index contributed by atoms with van der Waals surface area (Å²) < 4.78 is 1.60. The molecule has 4 aliphatic rings. The van der Waals surface area contributed by atoms with E-state index in [1.807, 2.05) is 6.08 Å². The molecule has 4 N–H and O–H groups in total. The van der Waals surface area contributed by atoms with E-state index >= 15 is 0 Å². The summed E-state index contributed by atoms with van der Waals surface area (Å²) in [7, 11) is 0. The number of carbonyl (C=O) groups excluding carboxylic acids is 1. The lowest BCUT2D eigenvalue weighted by Gasteiger charge is -2.62. The summed E-state index contributed by atoms with van der Waals surface area (Å²) in [6.45, 7) is 7.29. The van der Waals surface area contributed by atoms with Crippen molar-refractivity contribution in [1.29, 1.82) is 0 Å². The molecule has 8 nitrogen and oxygen atoms in total. The Kier molecular flexibility index (Phi) is 5.65. The highest BCUT2D eigenvalue weighted by Crippen LogP contribution is 2.61. The topological polar surface area (TPSA) is 100 Å². The molecule has 0 radical (unpaired) electrons. The van der Waals surface area contributed by atoms with Gasteiger partial charge in [0.1, 0.15) is 11.0 Å². The molecular weight excluding hydrogens is 448 g/mol. The van der Waals surface area contributed by atoms with Gasteiger partial charge in [-0.2, -0.15) is 5.10 Å². The highest BCUT2D eigenvalue weighted by Gasteiger charge is 2.56. The normalized spacial score (nSPS) is 28.5. The third-order valence-corrected chi connectivity index (χ3v) is 7.95. The Bertz CT molecular complexity index is 953. The fourth-order valence-corrected chi connectivity index (χ4v) is 5.52. The van der Waals surface area contributed by atoms with Gasteiger partial charge >= 0.3 is 0 Å². The van der Waals surface area contributed by atoms with E-state index in [1.54, 1.807) is 18.6 Å². The number of rotatable bonds is 6. The van der Waals surface area contributed by atoms with Crippen LogP contribution in [0.1, 0.15) is 33.6 Å². The number of hydrogen-bond donors (Lipinski definition) is 4. The maximum absolute atomic E-state index is 12.7. The second kappa shape index (κ2) is 8.09. The lowest BCUT2D eigenvalue weighted by atomic mass is 9.45. The molecule has 4 atom stereocenters. The number of hydrazine groups is 1. The lowest BCUT2D eigenvalue weighted by Crippen LogP contribution is -2.58. The molecule has 3 fully saturated rings. The number of amides is 1. The van der Waals surface area contributed by atoms with Gasteiger partial charge in [0.2, 0.25) is 5.91 Å². The average Bonchev–Trinajstić information content (AvgIpc) is 2.73. The third-order valence-electron chi connectivity index (χ3n) is 7.18. The number of hydrogen-bond acceptors (Lipinski definition) is 6. The second-order valence-electron chi connectivity index (χ2n) is 9.16. The molecule has 0 saturated heterocycles. The SMILES string of the molecule is C[C@@H]1[C@H]2C[C@@H](C[C@H]1Nc1cnn(CC(=O)NCC3=CNNC=C3)c(=O)c1Br)C2(C)C. The molecule has 9 heteroatoms. The van der Waals surface area contributed by atoms with Gasteiger partial charge in [-0.1, -0.05) is 20.8 Å². The molecule has 162 valence electrons. The minimum absolute atomic E-state index is 0.126. The maximum atomic E-state index is 12.7. The molecule has 3 saturated carbocycles. The number of aromatic nitrogens is 2. The maximum Gasteiger partial charge on any atom is 0.283 e. The molecule has 1 aliphatic heterocycles. The van der Waals surface area contributed by atoms with Gasteiger partial charge in [-0.05, 0) is 63.6 Å². The molecule has 2 bridgehead atoms. The van der Waals surface area contributed by atoms with E-state index in [-0.39, 0.29) is 18.0 Å². The summed E-state index contributed by atoms with van der Waals surface area (Å²) in [5.74, 6) is 1.71. The Morgan fingerprint density at radius 2 is 2.17 bits per heavy atom. The lowest BCUT2D eigenvalue weighted by molar-refractivity contribution is -0.121. The minimum atomic E-state index is -0.313. The van der Waals surface area contributed by atoms with Gasteiger partial charge in [0.05, 0.1) is 11.9 Å². The van der Waals surface area contributed by atoms with E-state index in [2.05, 4.69) is 63.3 Å². The smallest absolute Gasteiger partial charge is 0.283 e. The summed E-state index contributed by atoms with van der Waals surface area (Å²) in [6, 6.07) is 0.332. The van der Waals surface area contributed by atoms with Gasteiger partial charge in [-0.25, -0.2) is 4.68 Å². The van der Waals surface area contributed by atoms with Gasteiger partial charge in [0.15, 0.2) is 0 Å². The predicted octanol–water partition coefficient (Wildman–Crippen LogP) is 2.11. The molecule has 3 aliphatic carbocycles. The number of carbonyl (C=O) groups is 1. The predicted molar refractivity (Wildman–Crippen MR) is 119 cm³/mol. The molecule has 2 heterocycles. The Morgan fingerprint density at radius 1 is 1.37 bits per heavy atom.